The van der Waals surface area contributed by atoms with E-state index in [4.69, 9.17) is 5.11 Å². The quantitative estimate of drug-likeness (QED) is 0.735. The molecule has 0 aliphatic rings. The molecule has 0 saturated carbocycles. The average molecular weight is 168 g/mol. The van der Waals surface area contributed by atoms with E-state index in [1.165, 1.54) is 0 Å². The minimum Gasteiger partial charge on any atom is -0.395 e. The van der Waals surface area contributed by atoms with Gasteiger partial charge in [0, 0.05) is 24.4 Å². The van der Waals surface area contributed by atoms with Crippen LogP contribution >= 0.6 is 0 Å². The van der Waals surface area contributed by atoms with Crippen LogP contribution in [-0.4, -0.2) is 21.3 Å². The third-order valence-electron chi connectivity index (χ3n) is 2.06. The third-order valence-corrected chi connectivity index (χ3v) is 2.06. The predicted octanol–water partition coefficient (Wildman–Crippen LogP) is 1.17. The molecule has 1 rings (SSSR count). The van der Waals surface area contributed by atoms with Crippen LogP contribution in [0.4, 0.5) is 0 Å². The largest absolute Gasteiger partial charge is 0.395 e. The molecular weight excluding hydrogens is 152 g/mol. The number of nitrogens with zero attached hydrogens (tertiary/aromatic N) is 2. The van der Waals surface area contributed by atoms with E-state index in [1.807, 2.05) is 20.0 Å². The number of rotatable bonds is 3. The molecule has 0 radical (unpaired) electrons. The molecule has 0 spiro atoms. The molecule has 3 nitrogen and oxygen atoms in total. The Morgan fingerprint density at radius 2 is 2.25 bits per heavy atom. The lowest BCUT2D eigenvalue weighted by Crippen LogP contribution is -2.26. The maximum Gasteiger partial charge on any atom is 0.116 e. The minimum absolute atomic E-state index is 0.129. The highest BCUT2D eigenvalue weighted by molar-refractivity contribution is 5.06. The molecular formula is C9H16N2O. The molecule has 12 heavy (non-hydrogen) atoms. The highest BCUT2D eigenvalue weighted by Gasteiger charge is 2.23. The van der Waals surface area contributed by atoms with E-state index in [2.05, 4.69) is 16.5 Å². The SMILES string of the molecule is CCn1ccnc1C(C)(C)CO. The first kappa shape index (κ1) is 9.26. The fourth-order valence-corrected chi connectivity index (χ4v) is 1.22. The second-order valence-electron chi connectivity index (χ2n) is 3.58. The van der Waals surface area contributed by atoms with Gasteiger partial charge in [-0.15, -0.1) is 0 Å². The van der Waals surface area contributed by atoms with Gasteiger partial charge in [0.2, 0.25) is 0 Å². The summed E-state index contributed by atoms with van der Waals surface area (Å²) in [7, 11) is 0. The first-order valence-electron chi connectivity index (χ1n) is 4.24. The van der Waals surface area contributed by atoms with Crippen molar-refractivity contribution in [1.29, 1.82) is 0 Å². The van der Waals surface area contributed by atoms with Crippen molar-refractivity contribution in [2.75, 3.05) is 6.61 Å². The number of aromatic nitrogens is 2. The molecule has 0 aromatic carbocycles. The van der Waals surface area contributed by atoms with Crippen LogP contribution in [0.3, 0.4) is 0 Å². The fourth-order valence-electron chi connectivity index (χ4n) is 1.22. The van der Waals surface area contributed by atoms with Crippen LogP contribution in [0.5, 0.6) is 0 Å². The van der Waals surface area contributed by atoms with Gasteiger partial charge in [-0.05, 0) is 6.92 Å². The Bertz CT molecular complexity index is 253. The molecule has 0 aliphatic carbocycles. The summed E-state index contributed by atoms with van der Waals surface area (Å²) < 4.78 is 2.05. The van der Waals surface area contributed by atoms with E-state index < -0.39 is 0 Å². The van der Waals surface area contributed by atoms with Gasteiger partial charge in [-0.2, -0.15) is 0 Å². The number of hydrogen-bond acceptors (Lipinski definition) is 2. The smallest absolute Gasteiger partial charge is 0.116 e. The van der Waals surface area contributed by atoms with Gasteiger partial charge in [-0.1, -0.05) is 13.8 Å². The van der Waals surface area contributed by atoms with Crippen LogP contribution in [0.1, 0.15) is 26.6 Å². The molecule has 1 heterocycles. The van der Waals surface area contributed by atoms with E-state index in [9.17, 15) is 0 Å². The summed E-state index contributed by atoms with van der Waals surface area (Å²) in [6.45, 7) is 7.07. The number of hydrogen-bond donors (Lipinski definition) is 1. The van der Waals surface area contributed by atoms with Crippen LogP contribution in [0, 0.1) is 0 Å². The number of aryl methyl sites for hydroxylation is 1. The summed E-state index contributed by atoms with van der Waals surface area (Å²) in [6, 6.07) is 0. The zero-order chi connectivity index (χ0) is 9.19. The third kappa shape index (κ3) is 1.50. The van der Waals surface area contributed by atoms with Gasteiger partial charge in [0.15, 0.2) is 0 Å². The van der Waals surface area contributed by atoms with Crippen molar-refractivity contribution in [3.8, 4) is 0 Å². The van der Waals surface area contributed by atoms with Gasteiger partial charge < -0.3 is 9.67 Å². The lowest BCUT2D eigenvalue weighted by Gasteiger charge is -2.21. The van der Waals surface area contributed by atoms with Crippen molar-refractivity contribution in [3.05, 3.63) is 18.2 Å². The Kier molecular flexibility index (Phi) is 2.52. The maximum atomic E-state index is 9.13. The van der Waals surface area contributed by atoms with Crippen LogP contribution in [0.2, 0.25) is 0 Å². The second kappa shape index (κ2) is 3.27. The molecule has 68 valence electrons. The van der Waals surface area contributed by atoms with E-state index in [0.717, 1.165) is 12.4 Å². The van der Waals surface area contributed by atoms with E-state index in [1.54, 1.807) is 6.20 Å². The van der Waals surface area contributed by atoms with Crippen molar-refractivity contribution in [2.24, 2.45) is 0 Å². The Morgan fingerprint density at radius 1 is 1.58 bits per heavy atom. The zero-order valence-corrected chi connectivity index (χ0v) is 7.91. The molecule has 1 N–H and O–H groups in total. The van der Waals surface area contributed by atoms with Crippen LogP contribution in [-0.2, 0) is 12.0 Å². The lowest BCUT2D eigenvalue weighted by molar-refractivity contribution is 0.208. The summed E-state index contributed by atoms with van der Waals surface area (Å²) >= 11 is 0. The maximum absolute atomic E-state index is 9.13. The molecule has 0 aliphatic heterocycles. The van der Waals surface area contributed by atoms with Gasteiger partial charge in [0.1, 0.15) is 5.82 Å². The molecule has 0 unspecified atom stereocenters. The molecule has 3 heteroatoms. The molecule has 1 aromatic rings. The summed E-state index contributed by atoms with van der Waals surface area (Å²) in [6.07, 6.45) is 3.71. The summed E-state index contributed by atoms with van der Waals surface area (Å²) in [4.78, 5) is 4.23. The minimum atomic E-state index is -0.237. The summed E-state index contributed by atoms with van der Waals surface area (Å²) in [5.41, 5.74) is -0.237. The monoisotopic (exact) mass is 168 g/mol. The van der Waals surface area contributed by atoms with Crippen LogP contribution < -0.4 is 0 Å². The molecule has 0 saturated heterocycles. The van der Waals surface area contributed by atoms with Gasteiger partial charge in [0.25, 0.3) is 0 Å². The van der Waals surface area contributed by atoms with Crippen molar-refractivity contribution < 1.29 is 5.11 Å². The summed E-state index contributed by atoms with van der Waals surface area (Å²) in [5, 5.41) is 9.13. The Balaban J connectivity index is 3.00. The van der Waals surface area contributed by atoms with Gasteiger partial charge >= 0.3 is 0 Å². The molecule has 0 fully saturated rings. The Hall–Kier alpha value is -0.830. The number of aliphatic hydroxyl groups is 1. The number of imidazole rings is 1. The predicted molar refractivity (Wildman–Crippen MR) is 48.0 cm³/mol. The van der Waals surface area contributed by atoms with E-state index in [-0.39, 0.29) is 12.0 Å². The molecule has 0 amide bonds. The van der Waals surface area contributed by atoms with E-state index in [0.29, 0.717) is 0 Å². The highest BCUT2D eigenvalue weighted by Crippen LogP contribution is 2.20. The van der Waals surface area contributed by atoms with Gasteiger partial charge in [0.05, 0.1) is 6.61 Å². The Morgan fingerprint density at radius 3 is 2.75 bits per heavy atom. The first-order chi connectivity index (χ1) is 5.61. The van der Waals surface area contributed by atoms with Crippen molar-refractivity contribution in [1.82, 2.24) is 9.55 Å². The normalized spacial score (nSPS) is 12.0. The standard InChI is InChI=1S/C9H16N2O/c1-4-11-6-5-10-8(11)9(2,3)7-12/h5-6,12H,4,7H2,1-3H3. The average Bonchev–Trinajstić information content (AvgIpc) is 2.52. The van der Waals surface area contributed by atoms with Gasteiger partial charge in [-0.3, -0.25) is 0 Å². The molecule has 1 aromatic heterocycles. The lowest BCUT2D eigenvalue weighted by atomic mass is 9.94. The Labute approximate surface area is 73.1 Å². The first-order valence-corrected chi connectivity index (χ1v) is 4.24. The fraction of sp³-hybridized carbons (Fsp3) is 0.667. The van der Waals surface area contributed by atoms with Crippen LogP contribution in [0.25, 0.3) is 0 Å². The second-order valence-corrected chi connectivity index (χ2v) is 3.58. The van der Waals surface area contributed by atoms with Crippen molar-refractivity contribution in [3.63, 3.8) is 0 Å². The topological polar surface area (TPSA) is 38.0 Å². The molecule has 0 bridgehead atoms. The summed E-state index contributed by atoms with van der Waals surface area (Å²) in [5.74, 6) is 0.951. The zero-order valence-electron chi connectivity index (χ0n) is 7.91. The van der Waals surface area contributed by atoms with Crippen LogP contribution in [0.15, 0.2) is 12.4 Å². The van der Waals surface area contributed by atoms with Gasteiger partial charge in [-0.25, -0.2) is 4.98 Å². The highest BCUT2D eigenvalue weighted by atomic mass is 16.3. The van der Waals surface area contributed by atoms with E-state index >= 15 is 0 Å². The van der Waals surface area contributed by atoms with Crippen molar-refractivity contribution in [2.45, 2.75) is 32.7 Å². The molecule has 0 atom stereocenters. The van der Waals surface area contributed by atoms with Crippen molar-refractivity contribution >= 4 is 0 Å². The number of aliphatic hydroxyl groups excluding tert-OH is 1.